The van der Waals surface area contributed by atoms with Crippen molar-refractivity contribution >= 4 is 15.9 Å². The van der Waals surface area contributed by atoms with E-state index >= 15 is 0 Å². The quantitative estimate of drug-likeness (QED) is 0.293. The maximum absolute atomic E-state index is 12.0. The Bertz CT molecular complexity index is 1380. The van der Waals surface area contributed by atoms with Crippen LogP contribution in [-0.2, 0) is 37.8 Å². The van der Waals surface area contributed by atoms with Crippen molar-refractivity contribution in [3.63, 3.8) is 0 Å². The summed E-state index contributed by atoms with van der Waals surface area (Å²) in [4.78, 5) is 0. The van der Waals surface area contributed by atoms with Gasteiger partial charge in [0.15, 0.2) is 0 Å². The summed E-state index contributed by atoms with van der Waals surface area (Å²) in [7, 11) is 0.762. The number of aromatic hydroxyl groups is 2. The summed E-state index contributed by atoms with van der Waals surface area (Å²) in [6.07, 6.45) is 21.1. The van der Waals surface area contributed by atoms with Gasteiger partial charge in [-0.25, -0.2) is 0 Å². The first-order chi connectivity index (χ1) is 22.4. The van der Waals surface area contributed by atoms with Crippen LogP contribution in [0.4, 0.5) is 0 Å². The fourth-order valence-electron chi connectivity index (χ4n) is 8.91. The van der Waals surface area contributed by atoms with Crippen molar-refractivity contribution in [2.45, 2.75) is 189 Å². The van der Waals surface area contributed by atoms with Crippen molar-refractivity contribution in [1.82, 2.24) is 0 Å². The molecule has 4 atom stereocenters. The molecule has 2 aromatic rings. The molecule has 0 aromatic heterocycles. The standard InChI is InChI=1S/C42H64O2S2.Ti/c1-41(2,3)33-23-31(39(43)35(25-33)29-17-11-9-12-18-29)27-45-37-21-15-7-8-16-22-38(37)46-28-32-24-34(42(4,5)6)26-36(40(32)44)30-19-13-10-14-20-30;/h23-26,29-30,37-38,43-44H,7-22,27-28H2,1-6H3;/t37-,38?;/m0./s1. The van der Waals surface area contributed by atoms with Gasteiger partial charge in [-0.2, -0.15) is 0 Å². The topological polar surface area (TPSA) is 40.5 Å². The monoisotopic (exact) mass is 712 g/mol. The summed E-state index contributed by atoms with van der Waals surface area (Å²) < 4.78 is 0. The summed E-state index contributed by atoms with van der Waals surface area (Å²) in [5.74, 6) is 4.56. The molecule has 5 heteroatoms. The molecule has 0 saturated heterocycles. The molecular formula is C42H64O2S2Ti. The second-order valence-corrected chi connectivity index (χ2v) is 29.0. The summed E-state index contributed by atoms with van der Waals surface area (Å²) in [6, 6.07) is 9.62. The van der Waals surface area contributed by atoms with Crippen LogP contribution in [0.2, 0.25) is 0 Å². The molecule has 0 radical (unpaired) electrons. The van der Waals surface area contributed by atoms with Crippen LogP contribution < -0.4 is 0 Å². The minimum absolute atomic E-state index is 0.0830. The Hall–Kier alpha value is -0.546. The van der Waals surface area contributed by atoms with Crippen LogP contribution in [0.15, 0.2) is 24.3 Å². The first-order valence-electron chi connectivity index (χ1n) is 19.3. The molecule has 0 bridgehead atoms. The molecule has 0 amide bonds. The number of rotatable bonds is 6. The average Bonchev–Trinajstić information content (AvgIpc) is 3.32. The van der Waals surface area contributed by atoms with Crippen LogP contribution in [0.5, 0.6) is 11.5 Å². The third kappa shape index (κ3) is 8.51. The molecule has 47 heavy (non-hydrogen) atoms. The zero-order valence-corrected chi connectivity index (χ0v) is 33.8. The Morgan fingerprint density at radius 3 is 1.23 bits per heavy atom. The van der Waals surface area contributed by atoms with E-state index in [9.17, 15) is 10.2 Å². The molecule has 260 valence electrons. The van der Waals surface area contributed by atoms with E-state index in [0.29, 0.717) is 39.3 Å². The zero-order valence-electron chi connectivity index (χ0n) is 30.6. The third-order valence-corrected chi connectivity index (χ3v) is 27.9. The number of hydrogen-bond donors (Lipinski definition) is 2. The van der Waals surface area contributed by atoms with E-state index in [0.717, 1.165) is 22.0 Å². The predicted molar refractivity (Wildman–Crippen MR) is 203 cm³/mol. The number of phenolic OH excluding ortho intramolecular Hbond substituents is 2. The molecular weight excluding hydrogens is 648 g/mol. The van der Waals surface area contributed by atoms with Crippen molar-refractivity contribution < 1.29 is 25.7 Å². The average molecular weight is 713 g/mol. The SMILES string of the molecule is CC(C)(C)c1cc(C[S]2=[Ti]=[S](Cc3cc(C(C)(C)C)cc(C4CCCCC4)c3O)[C@H]3CCCCCCC32)c(O)c(C2CCCCC2)c1. The third-order valence-electron chi connectivity index (χ3n) is 12.0. The molecule has 3 fully saturated rings. The first-order valence-corrected chi connectivity index (χ1v) is 26.0. The van der Waals surface area contributed by atoms with E-state index in [4.69, 9.17) is 0 Å². The molecule has 3 unspecified atom stereocenters. The normalized spacial score (nSPS) is 26.6. The molecule has 0 spiro atoms. The van der Waals surface area contributed by atoms with E-state index in [-0.39, 0.29) is 26.3 Å². The Morgan fingerprint density at radius 1 is 0.532 bits per heavy atom. The van der Waals surface area contributed by atoms with Gasteiger partial charge in [0, 0.05) is 0 Å². The number of benzene rings is 2. The first kappa shape index (κ1) is 36.3. The van der Waals surface area contributed by atoms with E-state index in [2.05, 4.69) is 65.8 Å². The molecule has 4 aliphatic rings. The summed E-state index contributed by atoms with van der Waals surface area (Å²) in [6.45, 7) is 14.1. The van der Waals surface area contributed by atoms with Gasteiger partial charge in [0.1, 0.15) is 0 Å². The van der Waals surface area contributed by atoms with Crippen LogP contribution >= 0.6 is 15.9 Å². The van der Waals surface area contributed by atoms with Crippen LogP contribution in [-0.4, -0.2) is 20.7 Å². The Balaban J connectivity index is 1.41. The molecule has 3 saturated carbocycles. The Morgan fingerprint density at radius 2 is 0.872 bits per heavy atom. The van der Waals surface area contributed by atoms with Gasteiger partial charge in [-0.15, -0.1) is 0 Å². The zero-order chi connectivity index (χ0) is 33.3. The van der Waals surface area contributed by atoms with Gasteiger partial charge in [-0.05, 0) is 0 Å². The molecule has 3 aliphatic carbocycles. The van der Waals surface area contributed by atoms with Gasteiger partial charge in [0.05, 0.1) is 0 Å². The van der Waals surface area contributed by atoms with Gasteiger partial charge in [0.2, 0.25) is 0 Å². The fourth-order valence-corrected chi connectivity index (χ4v) is 29.7. The predicted octanol–water partition coefficient (Wildman–Crippen LogP) is 13.0. The van der Waals surface area contributed by atoms with E-state index in [1.165, 1.54) is 136 Å². The molecule has 2 nitrogen and oxygen atoms in total. The Labute approximate surface area is 297 Å². The molecule has 6 rings (SSSR count). The second-order valence-electron chi connectivity index (χ2n) is 17.6. The molecule has 2 N–H and O–H groups in total. The van der Waals surface area contributed by atoms with Crippen molar-refractivity contribution in [3.8, 4) is 11.5 Å². The fraction of sp³-hybridized carbons (Fsp3) is 0.714. The maximum atomic E-state index is 12.0. The number of phenols is 2. The van der Waals surface area contributed by atoms with Crippen molar-refractivity contribution in [3.05, 3.63) is 57.6 Å². The van der Waals surface area contributed by atoms with E-state index in [1.54, 1.807) is 0 Å². The van der Waals surface area contributed by atoms with Gasteiger partial charge >= 0.3 is 300 Å². The summed E-state index contributed by atoms with van der Waals surface area (Å²) >= 11 is -0.219. The molecule has 1 aliphatic heterocycles. The summed E-state index contributed by atoms with van der Waals surface area (Å²) in [5, 5.41) is 25.6. The van der Waals surface area contributed by atoms with E-state index in [1.807, 2.05) is 0 Å². The van der Waals surface area contributed by atoms with Gasteiger partial charge in [0.25, 0.3) is 0 Å². The van der Waals surface area contributed by atoms with Crippen molar-refractivity contribution in [2.75, 3.05) is 0 Å². The van der Waals surface area contributed by atoms with Crippen LogP contribution in [0.25, 0.3) is 0 Å². The van der Waals surface area contributed by atoms with Crippen LogP contribution in [0.3, 0.4) is 0 Å². The van der Waals surface area contributed by atoms with Crippen LogP contribution in [0, 0.1) is 0 Å². The molecule has 2 aromatic carbocycles. The number of fused-ring (bicyclic) bond motifs is 1. The van der Waals surface area contributed by atoms with Crippen LogP contribution in [0.1, 0.15) is 189 Å². The van der Waals surface area contributed by atoms with E-state index < -0.39 is 0 Å². The second kappa shape index (κ2) is 15.4. The van der Waals surface area contributed by atoms with Crippen molar-refractivity contribution in [1.29, 1.82) is 0 Å². The van der Waals surface area contributed by atoms with Gasteiger partial charge in [-0.1, -0.05) is 0 Å². The minimum atomic E-state index is -0.219. The Kier molecular flexibility index (Phi) is 11.9. The summed E-state index contributed by atoms with van der Waals surface area (Å²) in [5.41, 5.74) is 8.08. The van der Waals surface area contributed by atoms with Gasteiger partial charge in [-0.3, -0.25) is 0 Å². The molecule has 1 heterocycles. The van der Waals surface area contributed by atoms with Crippen molar-refractivity contribution in [2.24, 2.45) is 0 Å². The van der Waals surface area contributed by atoms with Gasteiger partial charge < -0.3 is 0 Å². The number of hydrogen-bond acceptors (Lipinski definition) is 2.